The van der Waals surface area contributed by atoms with Crippen molar-refractivity contribution in [3.8, 4) is 0 Å². The highest BCUT2D eigenvalue weighted by atomic mass is 16.6. The van der Waals surface area contributed by atoms with E-state index in [1.54, 1.807) is 0 Å². The van der Waals surface area contributed by atoms with Crippen molar-refractivity contribution in [2.75, 3.05) is 13.2 Å². The fourth-order valence-electron chi connectivity index (χ4n) is 1.60. The first-order valence-electron chi connectivity index (χ1n) is 8.09. The van der Waals surface area contributed by atoms with Gasteiger partial charge in [0, 0.05) is 30.7 Å². The number of carboxylic acids is 2. The van der Waals surface area contributed by atoms with Crippen LogP contribution in [0, 0.1) is 0 Å². The minimum absolute atomic E-state index is 0.175. The fraction of sp³-hybridized carbons (Fsp3) is 0.471. The monoisotopic (exact) mass is 386 g/mol. The molecule has 0 aliphatic carbocycles. The van der Waals surface area contributed by atoms with Crippen molar-refractivity contribution >= 4 is 29.8 Å². The number of ether oxygens (including phenoxy) is 3. The van der Waals surface area contributed by atoms with Gasteiger partial charge in [-0.3, -0.25) is 4.79 Å². The summed E-state index contributed by atoms with van der Waals surface area (Å²) in [5.41, 5.74) is 0. The molecule has 10 nitrogen and oxygen atoms in total. The maximum Gasteiger partial charge on any atom is 0.331 e. The van der Waals surface area contributed by atoms with Crippen molar-refractivity contribution < 1.29 is 48.4 Å². The van der Waals surface area contributed by atoms with Gasteiger partial charge >= 0.3 is 29.8 Å². The second kappa shape index (κ2) is 14.0. The number of carbonyl (C=O) groups excluding carboxylic acids is 3. The highest BCUT2D eigenvalue weighted by molar-refractivity contribution is 5.91. The van der Waals surface area contributed by atoms with Gasteiger partial charge in [0.05, 0.1) is 0 Å². The lowest BCUT2D eigenvalue weighted by Crippen LogP contribution is -2.30. The Balaban J connectivity index is 4.66. The molecule has 0 spiro atoms. The van der Waals surface area contributed by atoms with Crippen molar-refractivity contribution in [1.82, 2.24) is 0 Å². The number of rotatable bonds is 13. The minimum Gasteiger partial charge on any atom is -0.478 e. The van der Waals surface area contributed by atoms with Gasteiger partial charge in [0.25, 0.3) is 0 Å². The molecule has 0 saturated carbocycles. The predicted octanol–water partition coefficient (Wildman–Crippen LogP) is 0.847. The summed E-state index contributed by atoms with van der Waals surface area (Å²) in [7, 11) is 0. The fourth-order valence-corrected chi connectivity index (χ4v) is 1.60. The van der Waals surface area contributed by atoms with Crippen molar-refractivity contribution in [2.45, 2.75) is 38.7 Å². The molecule has 0 aromatic rings. The number of esters is 3. The van der Waals surface area contributed by atoms with E-state index in [2.05, 4.69) is 0 Å². The van der Waals surface area contributed by atoms with E-state index in [1.165, 1.54) is 0 Å². The summed E-state index contributed by atoms with van der Waals surface area (Å²) in [5, 5.41) is 16.9. The van der Waals surface area contributed by atoms with Gasteiger partial charge in [0.1, 0.15) is 13.2 Å². The van der Waals surface area contributed by atoms with E-state index in [4.69, 9.17) is 24.4 Å². The van der Waals surface area contributed by atoms with Gasteiger partial charge in [-0.1, -0.05) is 19.8 Å². The van der Waals surface area contributed by atoms with Gasteiger partial charge in [-0.05, 0) is 6.42 Å². The van der Waals surface area contributed by atoms with E-state index >= 15 is 0 Å². The highest BCUT2D eigenvalue weighted by Gasteiger charge is 2.18. The molecule has 0 radical (unpaired) electrons. The van der Waals surface area contributed by atoms with Crippen LogP contribution in [0.4, 0.5) is 0 Å². The molecule has 1 atom stereocenters. The molecule has 10 heteroatoms. The van der Waals surface area contributed by atoms with Gasteiger partial charge in [0.15, 0.2) is 6.10 Å². The van der Waals surface area contributed by atoms with Crippen LogP contribution in [0.15, 0.2) is 24.3 Å². The summed E-state index contributed by atoms with van der Waals surface area (Å²) >= 11 is 0. The lowest BCUT2D eigenvalue weighted by atomic mass is 10.2. The summed E-state index contributed by atoms with van der Waals surface area (Å²) in [5.74, 6) is -5.29. The molecular weight excluding hydrogens is 364 g/mol. The van der Waals surface area contributed by atoms with Crippen LogP contribution in [-0.4, -0.2) is 59.4 Å². The molecule has 0 fully saturated rings. The van der Waals surface area contributed by atoms with E-state index in [-0.39, 0.29) is 6.42 Å². The van der Waals surface area contributed by atoms with Gasteiger partial charge in [-0.2, -0.15) is 0 Å². The quantitative estimate of drug-likeness (QED) is 0.201. The molecule has 0 bridgehead atoms. The standard InChI is InChI=1S/C17H22O10/c1-2-3-4-5-15(22)25-10-12(27-17(24)9-7-14(20)21)11-26-16(23)8-6-13(18)19/h6-9,12H,2-5,10-11H2,1H3,(H,18,19)(H,20,21)/b8-6+,9-7+. The number of hydrogen-bond donors (Lipinski definition) is 2. The van der Waals surface area contributed by atoms with Crippen LogP contribution in [0.1, 0.15) is 32.6 Å². The van der Waals surface area contributed by atoms with Gasteiger partial charge in [-0.15, -0.1) is 0 Å². The first-order valence-corrected chi connectivity index (χ1v) is 8.09. The summed E-state index contributed by atoms with van der Waals surface area (Å²) < 4.78 is 14.5. The average molecular weight is 386 g/mol. The van der Waals surface area contributed by atoms with Crippen molar-refractivity contribution in [3.05, 3.63) is 24.3 Å². The van der Waals surface area contributed by atoms with Crippen LogP contribution in [0.2, 0.25) is 0 Å². The van der Waals surface area contributed by atoms with Crippen LogP contribution in [0.3, 0.4) is 0 Å². The number of aliphatic carboxylic acids is 2. The lowest BCUT2D eigenvalue weighted by molar-refractivity contribution is -0.162. The number of unbranched alkanes of at least 4 members (excludes halogenated alkanes) is 2. The smallest absolute Gasteiger partial charge is 0.331 e. The number of carboxylic acid groups (broad SMARTS) is 2. The zero-order valence-corrected chi connectivity index (χ0v) is 14.8. The maximum absolute atomic E-state index is 11.6. The van der Waals surface area contributed by atoms with E-state index < -0.39 is 49.2 Å². The van der Waals surface area contributed by atoms with E-state index in [0.717, 1.165) is 12.8 Å². The Labute approximate surface area is 155 Å². The largest absolute Gasteiger partial charge is 0.478 e. The third-order valence-electron chi connectivity index (χ3n) is 2.83. The highest BCUT2D eigenvalue weighted by Crippen LogP contribution is 2.03. The van der Waals surface area contributed by atoms with Crippen LogP contribution in [0.25, 0.3) is 0 Å². The molecule has 0 heterocycles. The summed E-state index contributed by atoms with van der Waals surface area (Å²) in [6, 6.07) is 0. The normalized spacial score (nSPS) is 11.9. The SMILES string of the molecule is CCCCCC(=O)OCC(COC(=O)/C=C/C(=O)O)OC(=O)/C=C/C(=O)O. The van der Waals surface area contributed by atoms with Crippen molar-refractivity contribution in [1.29, 1.82) is 0 Å². The van der Waals surface area contributed by atoms with Crippen LogP contribution in [0.5, 0.6) is 0 Å². The molecule has 150 valence electrons. The zero-order valence-electron chi connectivity index (χ0n) is 14.8. The van der Waals surface area contributed by atoms with Crippen molar-refractivity contribution in [3.63, 3.8) is 0 Å². The Kier molecular flexibility index (Phi) is 12.4. The molecule has 0 aliphatic heterocycles. The minimum atomic E-state index is -1.36. The van der Waals surface area contributed by atoms with Crippen LogP contribution in [-0.2, 0) is 38.2 Å². The van der Waals surface area contributed by atoms with Crippen LogP contribution >= 0.6 is 0 Å². The Bertz CT molecular complexity index is 591. The number of carbonyl (C=O) groups is 5. The molecule has 0 aromatic heterocycles. The molecule has 2 N–H and O–H groups in total. The zero-order chi connectivity index (χ0) is 20.7. The molecule has 0 saturated heterocycles. The Morgan fingerprint density at radius 3 is 1.93 bits per heavy atom. The number of hydrogen-bond acceptors (Lipinski definition) is 8. The summed E-state index contributed by atoms with van der Waals surface area (Å²) in [6.07, 6.45) is 3.81. The van der Waals surface area contributed by atoms with E-state index in [0.29, 0.717) is 30.7 Å². The van der Waals surface area contributed by atoms with E-state index in [1.807, 2.05) is 6.92 Å². The second-order valence-electron chi connectivity index (χ2n) is 5.17. The van der Waals surface area contributed by atoms with E-state index in [9.17, 15) is 24.0 Å². The van der Waals surface area contributed by atoms with Gasteiger partial charge < -0.3 is 24.4 Å². The summed E-state index contributed by atoms with van der Waals surface area (Å²) in [6.45, 7) is 1.05. The molecule has 0 rings (SSSR count). The topological polar surface area (TPSA) is 154 Å². The molecular formula is C17H22O10. The van der Waals surface area contributed by atoms with Crippen LogP contribution < -0.4 is 0 Å². The first-order chi connectivity index (χ1) is 12.7. The van der Waals surface area contributed by atoms with Crippen molar-refractivity contribution in [2.24, 2.45) is 0 Å². The molecule has 27 heavy (non-hydrogen) atoms. The molecule has 1 unspecified atom stereocenters. The Morgan fingerprint density at radius 1 is 0.815 bits per heavy atom. The van der Waals surface area contributed by atoms with Gasteiger partial charge in [-0.25, -0.2) is 19.2 Å². The Hall–Kier alpha value is -3.17. The molecule has 0 aromatic carbocycles. The lowest BCUT2D eigenvalue weighted by Gasteiger charge is -2.16. The Morgan fingerprint density at radius 2 is 1.37 bits per heavy atom. The second-order valence-corrected chi connectivity index (χ2v) is 5.17. The van der Waals surface area contributed by atoms with Gasteiger partial charge in [0.2, 0.25) is 0 Å². The summed E-state index contributed by atoms with van der Waals surface area (Å²) in [4.78, 5) is 55.2. The third-order valence-corrected chi connectivity index (χ3v) is 2.83. The molecule has 0 aliphatic rings. The average Bonchev–Trinajstić information content (AvgIpc) is 2.60. The predicted molar refractivity (Wildman–Crippen MR) is 89.5 cm³/mol. The first kappa shape index (κ1) is 23.8. The molecule has 0 amide bonds. The maximum atomic E-state index is 11.6. The third kappa shape index (κ3) is 14.8.